The van der Waals surface area contributed by atoms with Gasteiger partial charge in [-0.25, -0.2) is 4.39 Å². The van der Waals surface area contributed by atoms with Crippen LogP contribution in [-0.4, -0.2) is 13.0 Å². The summed E-state index contributed by atoms with van der Waals surface area (Å²) in [5.74, 6) is -0.674. The van der Waals surface area contributed by atoms with Crippen molar-refractivity contribution in [2.45, 2.75) is 6.92 Å². The van der Waals surface area contributed by atoms with E-state index in [1.807, 2.05) is 20.0 Å². The van der Waals surface area contributed by atoms with E-state index in [-0.39, 0.29) is 5.91 Å². The van der Waals surface area contributed by atoms with Crippen LogP contribution in [0.4, 0.5) is 15.8 Å². The lowest BCUT2D eigenvalue weighted by Crippen LogP contribution is -2.13. The molecule has 0 fully saturated rings. The maximum Gasteiger partial charge on any atom is 0.255 e. The van der Waals surface area contributed by atoms with Gasteiger partial charge in [-0.1, -0.05) is 0 Å². The number of nitrogens with one attached hydrogen (secondary N) is 2. The van der Waals surface area contributed by atoms with E-state index in [9.17, 15) is 9.18 Å². The van der Waals surface area contributed by atoms with Gasteiger partial charge in [0.1, 0.15) is 5.82 Å². The van der Waals surface area contributed by atoms with E-state index in [0.29, 0.717) is 15.7 Å². The molecule has 20 heavy (non-hydrogen) atoms. The number of rotatable bonds is 3. The van der Waals surface area contributed by atoms with Crippen LogP contribution in [0.3, 0.4) is 0 Å². The Bertz CT molecular complexity index is 658. The molecule has 0 atom stereocenters. The van der Waals surface area contributed by atoms with Gasteiger partial charge < -0.3 is 10.6 Å². The molecule has 1 amide bonds. The highest BCUT2D eigenvalue weighted by atomic mass is 79.9. The summed E-state index contributed by atoms with van der Waals surface area (Å²) in [7, 11) is 1.83. The highest BCUT2D eigenvalue weighted by Gasteiger charge is 2.10. The van der Waals surface area contributed by atoms with E-state index in [4.69, 9.17) is 0 Å². The Labute approximate surface area is 125 Å². The zero-order chi connectivity index (χ0) is 14.7. The Morgan fingerprint density at radius 3 is 2.55 bits per heavy atom. The maximum atomic E-state index is 13.2. The fourth-order valence-electron chi connectivity index (χ4n) is 1.87. The number of hydrogen-bond acceptors (Lipinski definition) is 2. The third kappa shape index (κ3) is 3.17. The number of anilines is 2. The molecule has 104 valence electrons. The molecule has 0 radical (unpaired) electrons. The van der Waals surface area contributed by atoms with Gasteiger partial charge in [0, 0.05) is 22.8 Å². The predicted molar refractivity (Wildman–Crippen MR) is 82.8 cm³/mol. The molecular formula is C15H14BrFN2O. The van der Waals surface area contributed by atoms with Crippen molar-refractivity contribution < 1.29 is 9.18 Å². The summed E-state index contributed by atoms with van der Waals surface area (Å²) < 4.78 is 13.8. The van der Waals surface area contributed by atoms with Gasteiger partial charge in [-0.05, 0) is 64.8 Å². The van der Waals surface area contributed by atoms with Crippen molar-refractivity contribution in [2.24, 2.45) is 0 Å². The summed E-state index contributed by atoms with van der Waals surface area (Å²) in [6.45, 7) is 1.92. The number of benzene rings is 2. The number of carbonyl (C=O) groups is 1. The first-order valence-corrected chi connectivity index (χ1v) is 6.85. The molecule has 0 heterocycles. The second kappa shape index (κ2) is 6.05. The van der Waals surface area contributed by atoms with Crippen LogP contribution in [0.25, 0.3) is 0 Å². The highest BCUT2D eigenvalue weighted by molar-refractivity contribution is 9.10. The molecule has 0 spiro atoms. The van der Waals surface area contributed by atoms with Crippen molar-refractivity contribution in [3.63, 3.8) is 0 Å². The van der Waals surface area contributed by atoms with Gasteiger partial charge in [0.2, 0.25) is 0 Å². The standard InChI is InChI=1S/C15H14BrFN2O/c1-9-7-10(3-6-13(9)18-2)15(20)19-14-8-11(17)4-5-12(14)16/h3-8,18H,1-2H3,(H,19,20). The molecule has 3 nitrogen and oxygen atoms in total. The first kappa shape index (κ1) is 14.5. The minimum Gasteiger partial charge on any atom is -0.388 e. The molecule has 0 saturated heterocycles. The largest absolute Gasteiger partial charge is 0.388 e. The highest BCUT2D eigenvalue weighted by Crippen LogP contribution is 2.24. The molecule has 0 bridgehead atoms. The number of hydrogen-bond donors (Lipinski definition) is 2. The van der Waals surface area contributed by atoms with Crippen LogP contribution in [0, 0.1) is 12.7 Å². The predicted octanol–water partition coefficient (Wildman–Crippen LogP) is 4.19. The molecule has 0 aliphatic carbocycles. The van der Waals surface area contributed by atoms with Gasteiger partial charge in [-0.15, -0.1) is 0 Å². The second-order valence-corrected chi connectivity index (χ2v) is 5.21. The summed E-state index contributed by atoms with van der Waals surface area (Å²) in [6.07, 6.45) is 0. The van der Waals surface area contributed by atoms with E-state index >= 15 is 0 Å². The van der Waals surface area contributed by atoms with Crippen LogP contribution in [0.15, 0.2) is 40.9 Å². The average Bonchev–Trinajstić information content (AvgIpc) is 2.42. The Morgan fingerprint density at radius 2 is 1.90 bits per heavy atom. The van der Waals surface area contributed by atoms with Gasteiger partial charge in [0.05, 0.1) is 5.69 Å². The molecule has 0 aromatic heterocycles. The Balaban J connectivity index is 2.24. The van der Waals surface area contributed by atoms with Crippen molar-refractivity contribution in [2.75, 3.05) is 17.7 Å². The number of aryl methyl sites for hydroxylation is 1. The van der Waals surface area contributed by atoms with Gasteiger partial charge in [-0.2, -0.15) is 0 Å². The number of halogens is 2. The van der Waals surface area contributed by atoms with E-state index in [1.54, 1.807) is 18.2 Å². The molecule has 2 rings (SSSR count). The zero-order valence-electron chi connectivity index (χ0n) is 11.1. The molecule has 2 aromatic carbocycles. The van der Waals surface area contributed by atoms with Crippen LogP contribution in [0.1, 0.15) is 15.9 Å². The fourth-order valence-corrected chi connectivity index (χ4v) is 2.22. The first-order valence-electron chi connectivity index (χ1n) is 6.06. The summed E-state index contributed by atoms with van der Waals surface area (Å²) in [6, 6.07) is 9.50. The van der Waals surface area contributed by atoms with Crippen molar-refractivity contribution in [1.29, 1.82) is 0 Å². The molecule has 2 N–H and O–H groups in total. The van der Waals surface area contributed by atoms with Crippen molar-refractivity contribution in [3.05, 3.63) is 57.8 Å². The lowest BCUT2D eigenvalue weighted by atomic mass is 10.1. The number of amides is 1. The van der Waals surface area contributed by atoms with E-state index in [2.05, 4.69) is 26.6 Å². The average molecular weight is 337 g/mol. The fraction of sp³-hybridized carbons (Fsp3) is 0.133. The van der Waals surface area contributed by atoms with Crippen LogP contribution < -0.4 is 10.6 Å². The van der Waals surface area contributed by atoms with Crippen LogP contribution in [0.5, 0.6) is 0 Å². The summed E-state index contributed by atoms with van der Waals surface area (Å²) in [5.41, 5.74) is 2.87. The zero-order valence-corrected chi connectivity index (χ0v) is 12.7. The lowest BCUT2D eigenvalue weighted by Gasteiger charge is -2.10. The smallest absolute Gasteiger partial charge is 0.255 e. The van der Waals surface area contributed by atoms with Crippen molar-refractivity contribution >= 4 is 33.2 Å². The molecule has 2 aromatic rings. The maximum absolute atomic E-state index is 13.2. The third-order valence-corrected chi connectivity index (χ3v) is 3.63. The Hall–Kier alpha value is -1.88. The molecule has 5 heteroatoms. The normalized spacial score (nSPS) is 10.2. The summed E-state index contributed by atoms with van der Waals surface area (Å²) in [4.78, 5) is 12.2. The van der Waals surface area contributed by atoms with Gasteiger partial charge in [0.25, 0.3) is 5.91 Å². The van der Waals surface area contributed by atoms with Gasteiger partial charge in [-0.3, -0.25) is 4.79 Å². The van der Waals surface area contributed by atoms with Crippen LogP contribution >= 0.6 is 15.9 Å². The number of carbonyl (C=O) groups excluding carboxylic acids is 1. The second-order valence-electron chi connectivity index (χ2n) is 4.36. The van der Waals surface area contributed by atoms with Crippen LogP contribution in [0.2, 0.25) is 0 Å². The Kier molecular flexibility index (Phi) is 4.39. The molecule has 0 saturated carbocycles. The molecule has 0 aliphatic heterocycles. The summed E-state index contributed by atoms with van der Waals surface area (Å²) in [5, 5.41) is 5.72. The topological polar surface area (TPSA) is 41.1 Å². The molecular weight excluding hydrogens is 323 g/mol. The van der Waals surface area contributed by atoms with Crippen LogP contribution in [-0.2, 0) is 0 Å². The monoisotopic (exact) mass is 336 g/mol. The van der Waals surface area contributed by atoms with Gasteiger partial charge in [0.15, 0.2) is 0 Å². The van der Waals surface area contributed by atoms with E-state index < -0.39 is 5.82 Å². The molecule has 0 aliphatic rings. The SMILES string of the molecule is CNc1ccc(C(=O)Nc2cc(F)ccc2Br)cc1C. The quantitative estimate of drug-likeness (QED) is 0.882. The van der Waals surface area contributed by atoms with Crippen molar-refractivity contribution in [1.82, 2.24) is 0 Å². The minimum atomic E-state index is -0.398. The Morgan fingerprint density at radius 1 is 1.15 bits per heavy atom. The van der Waals surface area contributed by atoms with E-state index in [1.165, 1.54) is 12.1 Å². The first-order chi connectivity index (χ1) is 9.51. The summed E-state index contributed by atoms with van der Waals surface area (Å²) >= 11 is 3.28. The van der Waals surface area contributed by atoms with Gasteiger partial charge >= 0.3 is 0 Å². The molecule has 0 unspecified atom stereocenters. The lowest BCUT2D eigenvalue weighted by molar-refractivity contribution is 0.102. The van der Waals surface area contributed by atoms with Crippen molar-refractivity contribution in [3.8, 4) is 0 Å². The third-order valence-electron chi connectivity index (χ3n) is 2.93. The van der Waals surface area contributed by atoms with E-state index in [0.717, 1.165) is 11.3 Å². The minimum absolute atomic E-state index is 0.276.